The molecule has 0 saturated heterocycles. The largest absolute Gasteiger partial charge is 0.476 e. The molecule has 4 nitrogen and oxygen atoms in total. The van der Waals surface area contributed by atoms with Crippen LogP contribution in [0.1, 0.15) is 10.5 Å². The fourth-order valence-corrected chi connectivity index (χ4v) is 1.84. The molecule has 0 radical (unpaired) electrons. The highest BCUT2D eigenvalue weighted by molar-refractivity contribution is 9.10. The van der Waals surface area contributed by atoms with E-state index in [2.05, 4.69) is 26.1 Å². The smallest absolute Gasteiger partial charge is 0.355 e. The molecule has 0 atom stereocenters. The maximum Gasteiger partial charge on any atom is 0.355 e. The van der Waals surface area contributed by atoms with Crippen molar-refractivity contribution < 1.29 is 14.3 Å². The molecule has 0 fully saturated rings. The molecule has 0 unspecified atom stereocenters. The van der Waals surface area contributed by atoms with Gasteiger partial charge in [-0.3, -0.25) is 5.10 Å². The van der Waals surface area contributed by atoms with Crippen LogP contribution in [-0.4, -0.2) is 21.3 Å². The van der Waals surface area contributed by atoms with Crippen LogP contribution in [0.3, 0.4) is 0 Å². The van der Waals surface area contributed by atoms with Gasteiger partial charge in [-0.2, -0.15) is 5.10 Å². The Morgan fingerprint density at radius 1 is 1.38 bits per heavy atom. The number of halogens is 2. The van der Waals surface area contributed by atoms with E-state index in [9.17, 15) is 9.18 Å². The molecule has 0 spiro atoms. The zero-order chi connectivity index (χ0) is 11.7. The Labute approximate surface area is 98.2 Å². The zero-order valence-corrected chi connectivity index (χ0v) is 9.45. The third-order valence-corrected chi connectivity index (χ3v) is 2.81. The number of carboxylic acids is 1. The zero-order valence-electron chi connectivity index (χ0n) is 7.87. The number of hydrogen-bond acceptors (Lipinski definition) is 2. The third-order valence-electron chi connectivity index (χ3n) is 2.04. The summed E-state index contributed by atoms with van der Waals surface area (Å²) < 4.78 is 13.1. The van der Waals surface area contributed by atoms with Gasteiger partial charge < -0.3 is 5.11 Å². The molecule has 6 heteroatoms. The van der Waals surface area contributed by atoms with Gasteiger partial charge in [0.2, 0.25) is 0 Å². The number of aromatic carboxylic acids is 1. The van der Waals surface area contributed by atoms with Gasteiger partial charge in [-0.1, -0.05) is 0 Å². The first-order chi connectivity index (χ1) is 7.59. The minimum Gasteiger partial charge on any atom is -0.476 e. The van der Waals surface area contributed by atoms with Crippen LogP contribution in [-0.2, 0) is 0 Å². The lowest BCUT2D eigenvalue weighted by atomic mass is 10.1. The topological polar surface area (TPSA) is 66.0 Å². The van der Waals surface area contributed by atoms with Gasteiger partial charge in [-0.25, -0.2) is 9.18 Å². The molecule has 2 N–H and O–H groups in total. The van der Waals surface area contributed by atoms with Crippen molar-refractivity contribution in [2.45, 2.75) is 0 Å². The van der Waals surface area contributed by atoms with Crippen molar-refractivity contribution in [1.29, 1.82) is 0 Å². The van der Waals surface area contributed by atoms with Crippen molar-refractivity contribution in [2.24, 2.45) is 0 Å². The molecular weight excluding hydrogens is 279 g/mol. The summed E-state index contributed by atoms with van der Waals surface area (Å²) in [6.07, 6.45) is 0. The summed E-state index contributed by atoms with van der Waals surface area (Å²) in [6.45, 7) is 0. The van der Waals surface area contributed by atoms with Crippen molar-refractivity contribution in [3.05, 3.63) is 40.2 Å². The fraction of sp³-hybridized carbons (Fsp3) is 0. The first-order valence-corrected chi connectivity index (χ1v) is 5.12. The van der Waals surface area contributed by atoms with Gasteiger partial charge in [-0.15, -0.1) is 0 Å². The Hall–Kier alpha value is -1.69. The Kier molecular flexibility index (Phi) is 2.74. The maximum absolute atomic E-state index is 12.7. The van der Waals surface area contributed by atoms with Crippen molar-refractivity contribution in [3.8, 4) is 11.3 Å². The van der Waals surface area contributed by atoms with E-state index in [-0.39, 0.29) is 11.5 Å². The lowest BCUT2D eigenvalue weighted by molar-refractivity contribution is 0.0689. The quantitative estimate of drug-likeness (QED) is 0.891. The maximum atomic E-state index is 12.7. The molecule has 1 aromatic carbocycles. The second-order valence-corrected chi connectivity index (χ2v) is 3.87. The number of nitrogens with one attached hydrogen (secondary N) is 1. The number of H-pyrrole nitrogens is 1. The average Bonchev–Trinajstić information content (AvgIpc) is 2.61. The number of aromatic amines is 1. The van der Waals surface area contributed by atoms with Gasteiger partial charge in [0.05, 0.1) is 4.47 Å². The Bertz CT molecular complexity index is 536. The molecule has 2 rings (SSSR count). The van der Waals surface area contributed by atoms with E-state index in [4.69, 9.17) is 5.11 Å². The summed E-state index contributed by atoms with van der Waals surface area (Å²) in [4.78, 5) is 10.8. The number of hydrogen-bond donors (Lipinski definition) is 2. The van der Waals surface area contributed by atoms with Gasteiger partial charge in [0.25, 0.3) is 0 Å². The number of aromatic nitrogens is 2. The monoisotopic (exact) mass is 284 g/mol. The van der Waals surface area contributed by atoms with E-state index in [1.807, 2.05) is 0 Å². The second kappa shape index (κ2) is 4.05. The first kappa shape index (κ1) is 10.8. The molecule has 0 saturated carbocycles. The van der Waals surface area contributed by atoms with Crippen LogP contribution in [0.2, 0.25) is 0 Å². The SMILES string of the molecule is O=C(O)c1[nH]nc(-c2ccc(F)cc2)c1Br. The van der Waals surface area contributed by atoms with Crippen LogP contribution in [0, 0.1) is 5.82 Å². The Morgan fingerprint density at radius 3 is 2.50 bits per heavy atom. The highest BCUT2D eigenvalue weighted by Crippen LogP contribution is 2.28. The van der Waals surface area contributed by atoms with Crippen molar-refractivity contribution in [3.63, 3.8) is 0 Å². The summed E-state index contributed by atoms with van der Waals surface area (Å²) in [5, 5.41) is 15.1. The minimum absolute atomic E-state index is 0.0284. The predicted octanol–water partition coefficient (Wildman–Crippen LogP) is 2.68. The van der Waals surface area contributed by atoms with Crippen LogP contribution >= 0.6 is 15.9 Å². The molecule has 82 valence electrons. The van der Waals surface area contributed by atoms with Crippen molar-refractivity contribution >= 4 is 21.9 Å². The van der Waals surface area contributed by atoms with E-state index < -0.39 is 5.97 Å². The Balaban J connectivity index is 2.49. The van der Waals surface area contributed by atoms with Gasteiger partial charge in [-0.05, 0) is 40.2 Å². The number of carbonyl (C=O) groups is 1. The lowest BCUT2D eigenvalue weighted by Crippen LogP contribution is -1.96. The highest BCUT2D eigenvalue weighted by atomic mass is 79.9. The second-order valence-electron chi connectivity index (χ2n) is 3.07. The molecule has 0 aliphatic rings. The number of carboxylic acid groups (broad SMARTS) is 1. The summed E-state index contributed by atoms with van der Waals surface area (Å²) >= 11 is 3.14. The molecule has 2 aromatic rings. The minimum atomic E-state index is -1.10. The predicted molar refractivity (Wildman–Crippen MR) is 58.6 cm³/mol. The summed E-state index contributed by atoms with van der Waals surface area (Å²) in [7, 11) is 0. The van der Waals surface area contributed by atoms with Crippen molar-refractivity contribution in [1.82, 2.24) is 10.2 Å². The standard InChI is InChI=1S/C10H6BrFN2O2/c11-7-8(13-14-9(7)10(15)16)5-1-3-6(12)4-2-5/h1-4H,(H,13,14)(H,15,16). The third kappa shape index (κ3) is 1.83. The Morgan fingerprint density at radius 2 is 2.00 bits per heavy atom. The van der Waals surface area contributed by atoms with Gasteiger partial charge in [0.1, 0.15) is 11.5 Å². The van der Waals surface area contributed by atoms with Crippen LogP contribution in [0.15, 0.2) is 28.7 Å². The van der Waals surface area contributed by atoms with E-state index in [0.717, 1.165) is 0 Å². The normalized spacial score (nSPS) is 10.4. The molecule has 1 aromatic heterocycles. The van der Waals surface area contributed by atoms with E-state index in [1.165, 1.54) is 24.3 Å². The van der Waals surface area contributed by atoms with Gasteiger partial charge in [0.15, 0.2) is 5.69 Å². The number of nitrogens with zero attached hydrogens (tertiary/aromatic N) is 1. The van der Waals surface area contributed by atoms with Crippen LogP contribution in [0.25, 0.3) is 11.3 Å². The molecule has 0 aliphatic heterocycles. The summed E-state index contributed by atoms with van der Waals surface area (Å²) in [5.74, 6) is -1.46. The van der Waals surface area contributed by atoms with Crippen LogP contribution in [0.4, 0.5) is 4.39 Å². The van der Waals surface area contributed by atoms with E-state index >= 15 is 0 Å². The van der Waals surface area contributed by atoms with Crippen molar-refractivity contribution in [2.75, 3.05) is 0 Å². The van der Waals surface area contributed by atoms with Gasteiger partial charge >= 0.3 is 5.97 Å². The summed E-state index contributed by atoms with van der Waals surface area (Å²) in [5.41, 5.74) is 1.05. The molecule has 0 aliphatic carbocycles. The molecule has 0 amide bonds. The molecule has 0 bridgehead atoms. The van der Waals surface area contributed by atoms with E-state index in [1.54, 1.807) is 0 Å². The van der Waals surface area contributed by atoms with E-state index in [0.29, 0.717) is 15.7 Å². The fourth-order valence-electron chi connectivity index (χ4n) is 1.27. The summed E-state index contributed by atoms with van der Waals surface area (Å²) in [6, 6.07) is 5.64. The van der Waals surface area contributed by atoms with Crippen LogP contribution < -0.4 is 0 Å². The molecular formula is C10H6BrFN2O2. The van der Waals surface area contributed by atoms with Crippen LogP contribution in [0.5, 0.6) is 0 Å². The first-order valence-electron chi connectivity index (χ1n) is 4.32. The number of rotatable bonds is 2. The van der Waals surface area contributed by atoms with Gasteiger partial charge in [0, 0.05) is 5.56 Å². The highest BCUT2D eigenvalue weighted by Gasteiger charge is 2.17. The molecule has 16 heavy (non-hydrogen) atoms. The molecule has 1 heterocycles. The average molecular weight is 285 g/mol. The lowest BCUT2D eigenvalue weighted by Gasteiger charge is -1.97. The number of benzene rings is 1.